The van der Waals surface area contributed by atoms with Crippen LogP contribution in [-0.2, 0) is 37.3 Å². The van der Waals surface area contributed by atoms with Gasteiger partial charge in [-0.15, -0.1) is 0 Å². The van der Waals surface area contributed by atoms with E-state index in [2.05, 4.69) is 33.9 Å². The molecule has 1 saturated heterocycles. The van der Waals surface area contributed by atoms with Crippen LogP contribution < -0.4 is 0 Å². The second kappa shape index (κ2) is 8.73. The Morgan fingerprint density at radius 3 is 2.16 bits per heavy atom. The Kier molecular flexibility index (Phi) is 6.71. The number of hydrogen-bond acceptors (Lipinski definition) is 5. The summed E-state index contributed by atoms with van der Waals surface area (Å²) in [6.45, 7) is 17.6. The molecule has 0 amide bonds. The lowest BCUT2D eigenvalue weighted by Gasteiger charge is -2.36. The third-order valence-electron chi connectivity index (χ3n) is 6.48. The second-order valence-corrected chi connectivity index (χ2v) is 16.1. The van der Waals surface area contributed by atoms with Crippen molar-refractivity contribution in [1.29, 1.82) is 0 Å². The summed E-state index contributed by atoms with van der Waals surface area (Å²) in [6.07, 6.45) is -0.323. The summed E-state index contributed by atoms with van der Waals surface area (Å²) in [5.41, 5.74) is 0.858. The SMILES string of the molecule is CC(C)(C)[C@@H]1OC(=O)[C@](Cc2cccc(CO[Si](C)(C)C(C)(C)C)n2)(c2ccccc2)O1. The molecule has 32 heavy (non-hydrogen) atoms. The molecular weight excluding hydrogens is 418 g/mol. The van der Waals surface area contributed by atoms with Gasteiger partial charge in [-0.25, -0.2) is 4.79 Å². The quantitative estimate of drug-likeness (QED) is 0.396. The minimum Gasteiger partial charge on any atom is -0.433 e. The van der Waals surface area contributed by atoms with Crippen LogP contribution in [0.5, 0.6) is 0 Å². The first kappa shape index (κ1) is 24.6. The Morgan fingerprint density at radius 1 is 0.969 bits per heavy atom. The van der Waals surface area contributed by atoms with Crippen LogP contribution in [0.1, 0.15) is 58.5 Å². The first-order valence-corrected chi connectivity index (χ1v) is 14.2. The number of esters is 1. The molecule has 0 spiro atoms. The molecule has 1 fully saturated rings. The fraction of sp³-hybridized carbons (Fsp3) is 0.538. The van der Waals surface area contributed by atoms with Crippen molar-refractivity contribution in [2.75, 3.05) is 0 Å². The first-order chi connectivity index (χ1) is 14.7. The number of benzene rings is 1. The Morgan fingerprint density at radius 2 is 1.59 bits per heavy atom. The first-order valence-electron chi connectivity index (χ1n) is 11.3. The average Bonchev–Trinajstić information content (AvgIpc) is 3.04. The molecule has 0 saturated carbocycles. The van der Waals surface area contributed by atoms with E-state index in [0.717, 1.165) is 17.0 Å². The second-order valence-electron chi connectivity index (χ2n) is 11.3. The van der Waals surface area contributed by atoms with Gasteiger partial charge in [0.05, 0.1) is 12.3 Å². The fourth-order valence-electron chi connectivity index (χ4n) is 3.34. The number of cyclic esters (lactones) is 1. The van der Waals surface area contributed by atoms with E-state index >= 15 is 0 Å². The number of rotatable bonds is 6. The normalized spacial score (nSPS) is 22.1. The molecule has 0 radical (unpaired) electrons. The Labute approximate surface area is 193 Å². The number of ether oxygens (including phenoxy) is 2. The van der Waals surface area contributed by atoms with Gasteiger partial charge >= 0.3 is 5.97 Å². The van der Waals surface area contributed by atoms with Crippen molar-refractivity contribution >= 4 is 14.3 Å². The van der Waals surface area contributed by atoms with E-state index in [1.54, 1.807) is 0 Å². The molecule has 0 aliphatic carbocycles. The van der Waals surface area contributed by atoms with E-state index in [9.17, 15) is 4.79 Å². The maximum absolute atomic E-state index is 13.2. The van der Waals surface area contributed by atoms with Gasteiger partial charge in [-0.05, 0) is 35.8 Å². The topological polar surface area (TPSA) is 57.7 Å². The number of aromatic nitrogens is 1. The van der Waals surface area contributed by atoms with E-state index in [1.165, 1.54) is 0 Å². The Hall–Kier alpha value is -2.02. The van der Waals surface area contributed by atoms with Crippen LogP contribution in [0, 0.1) is 5.41 Å². The summed E-state index contributed by atoms with van der Waals surface area (Å²) >= 11 is 0. The highest BCUT2D eigenvalue weighted by atomic mass is 28.4. The third kappa shape index (κ3) is 5.13. The van der Waals surface area contributed by atoms with E-state index in [0.29, 0.717) is 13.0 Å². The van der Waals surface area contributed by atoms with Crippen LogP contribution in [0.3, 0.4) is 0 Å². The summed E-state index contributed by atoms with van der Waals surface area (Å²) in [6, 6.07) is 15.4. The smallest absolute Gasteiger partial charge is 0.346 e. The molecule has 5 nitrogen and oxygen atoms in total. The number of pyridine rings is 1. The highest BCUT2D eigenvalue weighted by Crippen LogP contribution is 2.43. The van der Waals surface area contributed by atoms with Gasteiger partial charge in [-0.3, -0.25) is 4.98 Å². The van der Waals surface area contributed by atoms with Gasteiger partial charge < -0.3 is 13.9 Å². The van der Waals surface area contributed by atoms with E-state index in [-0.39, 0.29) is 16.4 Å². The maximum atomic E-state index is 13.2. The molecule has 1 aliphatic heterocycles. The van der Waals surface area contributed by atoms with Gasteiger partial charge in [0.15, 0.2) is 13.9 Å². The number of hydrogen-bond donors (Lipinski definition) is 0. The van der Waals surface area contributed by atoms with Crippen molar-refractivity contribution in [3.8, 4) is 0 Å². The molecule has 1 aromatic carbocycles. The van der Waals surface area contributed by atoms with Crippen LogP contribution in [0.25, 0.3) is 0 Å². The van der Waals surface area contributed by atoms with Gasteiger partial charge in [0, 0.05) is 17.5 Å². The van der Waals surface area contributed by atoms with Gasteiger partial charge in [0.1, 0.15) is 0 Å². The molecule has 2 aromatic rings. The summed E-state index contributed by atoms with van der Waals surface area (Å²) in [7, 11) is -1.89. The Bertz CT molecular complexity index is 946. The summed E-state index contributed by atoms with van der Waals surface area (Å²) in [5, 5.41) is 0.130. The number of nitrogens with zero attached hydrogens (tertiary/aromatic N) is 1. The van der Waals surface area contributed by atoms with Crippen molar-refractivity contribution in [3.63, 3.8) is 0 Å². The lowest BCUT2D eigenvalue weighted by Crippen LogP contribution is -2.40. The minimum atomic E-state index is -1.89. The van der Waals surface area contributed by atoms with Gasteiger partial charge in [0.25, 0.3) is 0 Å². The van der Waals surface area contributed by atoms with Crippen molar-refractivity contribution in [3.05, 3.63) is 65.5 Å². The summed E-state index contributed by atoms with van der Waals surface area (Å²) in [5.74, 6) is -0.367. The van der Waals surface area contributed by atoms with Crippen LogP contribution in [0.4, 0.5) is 0 Å². The lowest BCUT2D eigenvalue weighted by molar-refractivity contribution is -0.156. The zero-order chi connectivity index (χ0) is 23.8. The lowest BCUT2D eigenvalue weighted by atomic mass is 9.88. The zero-order valence-corrected chi connectivity index (χ0v) is 21.7. The van der Waals surface area contributed by atoms with Gasteiger partial charge in [-0.1, -0.05) is 77.9 Å². The van der Waals surface area contributed by atoms with Crippen LogP contribution in [0.2, 0.25) is 18.1 Å². The molecule has 2 atom stereocenters. The van der Waals surface area contributed by atoms with Crippen LogP contribution >= 0.6 is 0 Å². The molecule has 6 heteroatoms. The molecule has 1 aliphatic rings. The summed E-state index contributed by atoms with van der Waals surface area (Å²) in [4.78, 5) is 18.0. The predicted molar refractivity (Wildman–Crippen MR) is 128 cm³/mol. The highest BCUT2D eigenvalue weighted by molar-refractivity contribution is 6.74. The number of carbonyl (C=O) groups excluding carboxylic acids is 1. The average molecular weight is 456 g/mol. The molecular formula is C26H37NO4Si. The molecule has 0 N–H and O–H groups in total. The molecule has 1 aromatic heterocycles. The Balaban J connectivity index is 1.89. The van der Waals surface area contributed by atoms with Crippen molar-refractivity contribution in [2.24, 2.45) is 5.41 Å². The van der Waals surface area contributed by atoms with E-state index in [4.69, 9.17) is 18.9 Å². The molecule has 2 heterocycles. The van der Waals surface area contributed by atoms with Crippen molar-refractivity contribution < 1.29 is 18.7 Å². The minimum absolute atomic E-state index is 0.130. The van der Waals surface area contributed by atoms with Gasteiger partial charge in [-0.2, -0.15) is 0 Å². The monoisotopic (exact) mass is 455 g/mol. The molecule has 0 bridgehead atoms. The van der Waals surface area contributed by atoms with Crippen molar-refractivity contribution in [1.82, 2.24) is 4.98 Å². The predicted octanol–water partition coefficient (Wildman–Crippen LogP) is 5.99. The van der Waals surface area contributed by atoms with E-state index < -0.39 is 20.2 Å². The molecule has 174 valence electrons. The zero-order valence-electron chi connectivity index (χ0n) is 20.7. The van der Waals surface area contributed by atoms with Gasteiger partial charge in [0.2, 0.25) is 6.29 Å². The van der Waals surface area contributed by atoms with Crippen LogP contribution in [-0.4, -0.2) is 25.6 Å². The van der Waals surface area contributed by atoms with Crippen molar-refractivity contribution in [2.45, 2.75) is 84.6 Å². The van der Waals surface area contributed by atoms with E-state index in [1.807, 2.05) is 69.3 Å². The summed E-state index contributed by atoms with van der Waals surface area (Å²) < 4.78 is 18.4. The standard InChI is InChI=1S/C26H37NO4Si/c1-24(2,3)23-30-22(28)26(31-23,19-13-10-9-11-14-19)17-20-15-12-16-21(27-20)18-29-32(7,8)25(4,5)6/h9-16,23H,17-18H2,1-8H3/t23-,26+/m1/s1. The van der Waals surface area contributed by atoms with Crippen LogP contribution in [0.15, 0.2) is 48.5 Å². The molecule has 3 rings (SSSR count). The fourth-order valence-corrected chi connectivity index (χ4v) is 4.29. The molecule has 0 unspecified atom stereocenters. The number of carbonyl (C=O) groups is 1. The third-order valence-corrected chi connectivity index (χ3v) is 11.0. The highest BCUT2D eigenvalue weighted by Gasteiger charge is 2.54. The maximum Gasteiger partial charge on any atom is 0.346 e. The largest absolute Gasteiger partial charge is 0.433 e.